The molecule has 1 aromatic rings. The summed E-state index contributed by atoms with van der Waals surface area (Å²) in [6.45, 7) is 6.19. The number of ether oxygens (including phenoxy) is 2. The lowest BCUT2D eigenvalue weighted by Crippen LogP contribution is -2.41. The first-order valence-corrected chi connectivity index (χ1v) is 8.25. The van der Waals surface area contributed by atoms with E-state index in [1.807, 2.05) is 44.4 Å². The van der Waals surface area contributed by atoms with Crippen LogP contribution in [0.15, 0.2) is 24.3 Å². The van der Waals surface area contributed by atoms with E-state index in [1.165, 1.54) is 0 Å². The van der Waals surface area contributed by atoms with Crippen molar-refractivity contribution in [2.75, 3.05) is 38.3 Å². The molecule has 0 fully saturated rings. The lowest BCUT2D eigenvalue weighted by Gasteiger charge is -2.22. The molecule has 0 amide bonds. The molecular weight excluding hydrogens is 274 g/mol. The smallest absolute Gasteiger partial charge is 0.161 e. The van der Waals surface area contributed by atoms with Crippen LogP contribution < -0.4 is 14.8 Å². The van der Waals surface area contributed by atoms with Crippen LogP contribution in [0, 0.1) is 0 Å². The fraction of sp³-hybridized carbons (Fsp3) is 0.600. The maximum atomic E-state index is 10.0. The van der Waals surface area contributed by atoms with E-state index in [0.717, 1.165) is 11.5 Å². The summed E-state index contributed by atoms with van der Waals surface area (Å²) in [7, 11) is 0. The van der Waals surface area contributed by atoms with Crippen LogP contribution in [0.2, 0.25) is 0 Å². The van der Waals surface area contributed by atoms with Gasteiger partial charge in [0.1, 0.15) is 6.61 Å². The van der Waals surface area contributed by atoms with Gasteiger partial charge in [-0.1, -0.05) is 12.1 Å². The van der Waals surface area contributed by atoms with Crippen LogP contribution in [0.5, 0.6) is 11.5 Å². The molecule has 0 heterocycles. The Balaban J connectivity index is 2.28. The second-order valence-corrected chi connectivity index (χ2v) is 5.70. The Kier molecular flexibility index (Phi) is 7.80. The predicted octanol–water partition coefficient (Wildman–Crippen LogP) is 2.17. The monoisotopic (exact) mass is 299 g/mol. The Morgan fingerprint density at radius 1 is 1.25 bits per heavy atom. The van der Waals surface area contributed by atoms with Gasteiger partial charge in [-0.15, -0.1) is 0 Å². The van der Waals surface area contributed by atoms with Crippen LogP contribution in [-0.4, -0.2) is 49.0 Å². The minimum absolute atomic E-state index is 0.541. The molecule has 0 bridgehead atoms. The highest BCUT2D eigenvalue weighted by molar-refractivity contribution is 7.98. The van der Waals surface area contributed by atoms with Gasteiger partial charge in [-0.2, -0.15) is 11.8 Å². The zero-order chi connectivity index (χ0) is 14.8. The number of hydrogen-bond acceptors (Lipinski definition) is 5. The summed E-state index contributed by atoms with van der Waals surface area (Å²) < 4.78 is 11.2. The zero-order valence-corrected chi connectivity index (χ0v) is 13.3. The average molecular weight is 299 g/mol. The van der Waals surface area contributed by atoms with Gasteiger partial charge in [-0.3, -0.25) is 0 Å². The van der Waals surface area contributed by atoms with E-state index in [2.05, 4.69) is 5.32 Å². The number of rotatable bonds is 10. The van der Waals surface area contributed by atoms with E-state index >= 15 is 0 Å². The molecule has 1 unspecified atom stereocenters. The van der Waals surface area contributed by atoms with Crippen molar-refractivity contribution in [3.8, 4) is 11.5 Å². The lowest BCUT2D eigenvalue weighted by molar-refractivity contribution is 0.0838. The molecule has 1 atom stereocenters. The summed E-state index contributed by atoms with van der Waals surface area (Å²) in [6, 6.07) is 7.65. The first-order valence-electron chi connectivity index (χ1n) is 6.85. The van der Waals surface area contributed by atoms with Crippen LogP contribution in [0.4, 0.5) is 0 Å². The molecule has 0 saturated carbocycles. The lowest BCUT2D eigenvalue weighted by atomic mass is 10.1. The Hall–Kier alpha value is -0.910. The van der Waals surface area contributed by atoms with Gasteiger partial charge in [0, 0.05) is 18.8 Å². The summed E-state index contributed by atoms with van der Waals surface area (Å²) in [5, 5.41) is 13.2. The summed E-state index contributed by atoms with van der Waals surface area (Å²) in [4.78, 5) is 0. The normalized spacial score (nSPS) is 13.8. The molecule has 5 heteroatoms. The van der Waals surface area contributed by atoms with Gasteiger partial charge in [-0.05, 0) is 32.2 Å². The zero-order valence-electron chi connectivity index (χ0n) is 12.5. The highest BCUT2D eigenvalue weighted by Gasteiger charge is 2.18. The SMILES string of the molecule is CCOc1ccccc1OCCNCC(C)(O)CSC. The van der Waals surface area contributed by atoms with E-state index in [1.54, 1.807) is 11.8 Å². The standard InChI is InChI=1S/C15H25NO3S/c1-4-18-13-7-5-6-8-14(13)19-10-9-16-11-15(2,17)12-20-3/h5-8,16-17H,4,9-12H2,1-3H3. The third-order valence-corrected chi connectivity index (χ3v) is 3.56. The Labute approximate surface area is 125 Å². The molecule has 114 valence electrons. The molecule has 0 aliphatic rings. The van der Waals surface area contributed by atoms with Crippen molar-refractivity contribution in [3.05, 3.63) is 24.3 Å². The number of thioether (sulfide) groups is 1. The first-order chi connectivity index (χ1) is 9.59. The molecule has 0 aromatic heterocycles. The molecule has 0 aliphatic carbocycles. The number of aliphatic hydroxyl groups is 1. The molecule has 0 spiro atoms. The highest BCUT2D eigenvalue weighted by atomic mass is 32.2. The van der Waals surface area contributed by atoms with Crippen molar-refractivity contribution in [1.29, 1.82) is 0 Å². The van der Waals surface area contributed by atoms with Crippen molar-refractivity contribution in [3.63, 3.8) is 0 Å². The molecule has 1 rings (SSSR count). The molecule has 0 radical (unpaired) electrons. The number of nitrogens with one attached hydrogen (secondary N) is 1. The van der Waals surface area contributed by atoms with Crippen LogP contribution >= 0.6 is 11.8 Å². The van der Waals surface area contributed by atoms with Crippen LogP contribution in [0.1, 0.15) is 13.8 Å². The Morgan fingerprint density at radius 3 is 2.50 bits per heavy atom. The van der Waals surface area contributed by atoms with E-state index in [9.17, 15) is 5.11 Å². The summed E-state index contributed by atoms with van der Waals surface area (Å²) >= 11 is 1.64. The van der Waals surface area contributed by atoms with Crippen molar-refractivity contribution < 1.29 is 14.6 Å². The van der Waals surface area contributed by atoms with E-state index in [0.29, 0.717) is 32.1 Å². The Bertz CT molecular complexity index is 385. The van der Waals surface area contributed by atoms with E-state index < -0.39 is 5.60 Å². The molecular formula is C15H25NO3S. The van der Waals surface area contributed by atoms with Crippen molar-refractivity contribution >= 4 is 11.8 Å². The predicted molar refractivity (Wildman–Crippen MR) is 85.0 cm³/mol. The molecule has 0 aliphatic heterocycles. The van der Waals surface area contributed by atoms with Gasteiger partial charge < -0.3 is 19.9 Å². The van der Waals surface area contributed by atoms with Crippen LogP contribution in [-0.2, 0) is 0 Å². The van der Waals surface area contributed by atoms with Gasteiger partial charge in [0.15, 0.2) is 11.5 Å². The maximum Gasteiger partial charge on any atom is 0.161 e. The number of hydrogen-bond donors (Lipinski definition) is 2. The van der Waals surface area contributed by atoms with Crippen LogP contribution in [0.3, 0.4) is 0 Å². The minimum atomic E-state index is -0.678. The van der Waals surface area contributed by atoms with Gasteiger partial charge in [0.05, 0.1) is 12.2 Å². The quantitative estimate of drug-likeness (QED) is 0.649. The van der Waals surface area contributed by atoms with Crippen molar-refractivity contribution in [2.24, 2.45) is 0 Å². The number of benzene rings is 1. The largest absolute Gasteiger partial charge is 0.490 e. The van der Waals surface area contributed by atoms with E-state index in [4.69, 9.17) is 9.47 Å². The minimum Gasteiger partial charge on any atom is -0.490 e. The molecule has 4 nitrogen and oxygen atoms in total. The third-order valence-electron chi connectivity index (χ3n) is 2.65. The topological polar surface area (TPSA) is 50.7 Å². The first kappa shape index (κ1) is 17.1. The second-order valence-electron chi connectivity index (χ2n) is 4.83. The Morgan fingerprint density at radius 2 is 1.90 bits per heavy atom. The van der Waals surface area contributed by atoms with Crippen molar-refractivity contribution in [2.45, 2.75) is 19.4 Å². The fourth-order valence-corrected chi connectivity index (χ4v) is 2.52. The summed E-state index contributed by atoms with van der Waals surface area (Å²) in [6.07, 6.45) is 1.99. The van der Waals surface area contributed by atoms with Gasteiger partial charge in [-0.25, -0.2) is 0 Å². The van der Waals surface area contributed by atoms with Crippen molar-refractivity contribution in [1.82, 2.24) is 5.32 Å². The summed E-state index contributed by atoms with van der Waals surface area (Å²) in [5.41, 5.74) is -0.678. The van der Waals surface area contributed by atoms with Crippen LogP contribution in [0.25, 0.3) is 0 Å². The van der Waals surface area contributed by atoms with Gasteiger partial charge in [0.2, 0.25) is 0 Å². The second kappa shape index (κ2) is 9.10. The fourth-order valence-electron chi connectivity index (χ4n) is 1.80. The summed E-state index contributed by atoms with van der Waals surface area (Å²) in [5.74, 6) is 2.24. The maximum absolute atomic E-state index is 10.0. The molecule has 0 saturated heterocycles. The highest BCUT2D eigenvalue weighted by Crippen LogP contribution is 2.26. The van der Waals surface area contributed by atoms with Gasteiger partial charge in [0.25, 0.3) is 0 Å². The third kappa shape index (κ3) is 6.50. The van der Waals surface area contributed by atoms with Gasteiger partial charge >= 0.3 is 0 Å². The van der Waals surface area contributed by atoms with E-state index in [-0.39, 0.29) is 0 Å². The molecule has 20 heavy (non-hydrogen) atoms. The molecule has 2 N–H and O–H groups in total. The molecule has 1 aromatic carbocycles. The average Bonchev–Trinajstić information content (AvgIpc) is 2.40. The number of para-hydroxylation sites is 2.